The van der Waals surface area contributed by atoms with Crippen LogP contribution in [0.1, 0.15) is 30.1 Å². The maximum Gasteiger partial charge on any atom is 0.167 e. The summed E-state index contributed by atoms with van der Waals surface area (Å²) in [7, 11) is 0. The van der Waals surface area contributed by atoms with E-state index in [4.69, 9.17) is 21.1 Å². The molecule has 18 heavy (non-hydrogen) atoms. The van der Waals surface area contributed by atoms with Gasteiger partial charge in [0.1, 0.15) is 0 Å². The van der Waals surface area contributed by atoms with E-state index in [1.54, 1.807) is 12.1 Å². The third kappa shape index (κ3) is 2.07. The Labute approximate surface area is 111 Å². The molecule has 4 heteroatoms. The summed E-state index contributed by atoms with van der Waals surface area (Å²) in [5.74, 6) is 2.01. The first-order valence-corrected chi connectivity index (χ1v) is 6.68. The van der Waals surface area contributed by atoms with Crippen LogP contribution >= 0.6 is 11.6 Å². The molecule has 3 nitrogen and oxygen atoms in total. The minimum absolute atomic E-state index is 0.128. The molecule has 2 aliphatic rings. The number of rotatable bonds is 2. The molecule has 0 bridgehead atoms. The SMILES string of the molecule is CC1CC1C(=O)c1cc2c(cc1Cl)OCCCO2. The first-order chi connectivity index (χ1) is 8.66. The monoisotopic (exact) mass is 266 g/mol. The van der Waals surface area contributed by atoms with Crippen LogP contribution in [-0.4, -0.2) is 19.0 Å². The molecule has 0 saturated heterocycles. The summed E-state index contributed by atoms with van der Waals surface area (Å²) in [4.78, 5) is 12.2. The quantitative estimate of drug-likeness (QED) is 0.770. The Morgan fingerprint density at radius 3 is 2.50 bits per heavy atom. The molecule has 0 amide bonds. The summed E-state index contributed by atoms with van der Waals surface area (Å²) in [6.45, 7) is 3.32. The highest BCUT2D eigenvalue weighted by Gasteiger charge is 2.40. The molecule has 0 radical (unpaired) electrons. The van der Waals surface area contributed by atoms with Gasteiger partial charge in [-0.25, -0.2) is 0 Å². The lowest BCUT2D eigenvalue weighted by molar-refractivity contribution is 0.0962. The highest BCUT2D eigenvalue weighted by atomic mass is 35.5. The summed E-state index contributed by atoms with van der Waals surface area (Å²) in [5.41, 5.74) is 0.565. The third-order valence-corrected chi connectivity index (χ3v) is 3.86. The van der Waals surface area contributed by atoms with E-state index in [0.717, 1.165) is 12.8 Å². The van der Waals surface area contributed by atoms with Crippen molar-refractivity contribution in [3.8, 4) is 11.5 Å². The van der Waals surface area contributed by atoms with Crippen LogP contribution in [0, 0.1) is 11.8 Å². The molecule has 0 spiro atoms. The fraction of sp³-hybridized carbons (Fsp3) is 0.500. The summed E-state index contributed by atoms with van der Waals surface area (Å²) in [5, 5.41) is 0.461. The molecular weight excluding hydrogens is 252 g/mol. The highest BCUT2D eigenvalue weighted by molar-refractivity contribution is 6.34. The molecule has 1 aliphatic carbocycles. The van der Waals surface area contributed by atoms with Crippen LogP contribution in [0.3, 0.4) is 0 Å². The third-order valence-electron chi connectivity index (χ3n) is 3.55. The Balaban J connectivity index is 1.95. The minimum Gasteiger partial charge on any atom is -0.490 e. The van der Waals surface area contributed by atoms with Gasteiger partial charge in [-0.15, -0.1) is 0 Å². The number of halogens is 1. The van der Waals surface area contributed by atoms with E-state index >= 15 is 0 Å². The lowest BCUT2D eigenvalue weighted by Gasteiger charge is -2.10. The molecule has 96 valence electrons. The average molecular weight is 267 g/mol. The molecule has 1 fully saturated rings. The Hall–Kier alpha value is -1.22. The van der Waals surface area contributed by atoms with Gasteiger partial charge < -0.3 is 9.47 Å². The van der Waals surface area contributed by atoms with Crippen LogP contribution in [0.25, 0.3) is 0 Å². The number of ether oxygens (including phenoxy) is 2. The van der Waals surface area contributed by atoms with Crippen molar-refractivity contribution in [1.82, 2.24) is 0 Å². The molecule has 0 N–H and O–H groups in total. The van der Waals surface area contributed by atoms with Crippen molar-refractivity contribution in [2.45, 2.75) is 19.8 Å². The van der Waals surface area contributed by atoms with Gasteiger partial charge >= 0.3 is 0 Å². The van der Waals surface area contributed by atoms with Crippen molar-refractivity contribution in [2.75, 3.05) is 13.2 Å². The van der Waals surface area contributed by atoms with E-state index < -0.39 is 0 Å². The molecular formula is C14H15ClO3. The molecule has 3 rings (SSSR count). The summed E-state index contributed by atoms with van der Waals surface area (Å²) >= 11 is 6.17. The standard InChI is InChI=1S/C14H15ClO3/c1-8-5-9(8)14(16)10-6-12-13(7-11(10)15)18-4-2-3-17-12/h6-9H,2-5H2,1H3. The van der Waals surface area contributed by atoms with E-state index in [9.17, 15) is 4.79 Å². The lowest BCUT2D eigenvalue weighted by atomic mass is 10.1. The minimum atomic E-state index is 0.128. The van der Waals surface area contributed by atoms with Crippen LogP contribution in [0.2, 0.25) is 5.02 Å². The molecule has 1 heterocycles. The van der Waals surface area contributed by atoms with Crippen molar-refractivity contribution >= 4 is 17.4 Å². The number of hydrogen-bond acceptors (Lipinski definition) is 3. The smallest absolute Gasteiger partial charge is 0.167 e. The van der Waals surface area contributed by atoms with E-state index in [1.807, 2.05) is 0 Å². The van der Waals surface area contributed by atoms with E-state index in [-0.39, 0.29) is 11.7 Å². The predicted molar refractivity (Wildman–Crippen MR) is 68.7 cm³/mol. The number of benzene rings is 1. The van der Waals surface area contributed by atoms with Crippen LogP contribution in [0.4, 0.5) is 0 Å². The van der Waals surface area contributed by atoms with E-state index in [2.05, 4.69) is 6.92 Å². The molecule has 1 aromatic carbocycles. The van der Waals surface area contributed by atoms with Crippen LogP contribution in [0.15, 0.2) is 12.1 Å². The second-order valence-corrected chi connectivity index (χ2v) is 5.42. The number of hydrogen-bond donors (Lipinski definition) is 0. The summed E-state index contributed by atoms with van der Waals surface area (Å²) in [6, 6.07) is 3.43. The Kier molecular flexibility index (Phi) is 2.94. The van der Waals surface area contributed by atoms with Gasteiger partial charge in [0, 0.05) is 24.0 Å². The van der Waals surface area contributed by atoms with Crippen LogP contribution in [-0.2, 0) is 0 Å². The summed E-state index contributed by atoms with van der Waals surface area (Å²) < 4.78 is 11.1. The maximum absolute atomic E-state index is 12.2. The fourth-order valence-electron chi connectivity index (χ4n) is 2.26. The van der Waals surface area contributed by atoms with Crippen molar-refractivity contribution < 1.29 is 14.3 Å². The maximum atomic E-state index is 12.2. The van der Waals surface area contributed by atoms with Crippen molar-refractivity contribution in [1.29, 1.82) is 0 Å². The van der Waals surface area contributed by atoms with Gasteiger partial charge in [0.2, 0.25) is 0 Å². The Morgan fingerprint density at radius 2 is 1.89 bits per heavy atom. The van der Waals surface area contributed by atoms with Gasteiger partial charge in [0.05, 0.1) is 18.2 Å². The molecule has 1 aromatic rings. The van der Waals surface area contributed by atoms with Gasteiger partial charge in [0.15, 0.2) is 17.3 Å². The number of Topliss-reactive ketones (excluding diaryl/α,β-unsaturated/α-hetero) is 1. The lowest BCUT2D eigenvalue weighted by Crippen LogP contribution is -2.05. The second-order valence-electron chi connectivity index (χ2n) is 5.01. The molecule has 1 aliphatic heterocycles. The fourth-order valence-corrected chi connectivity index (χ4v) is 2.51. The van der Waals surface area contributed by atoms with Gasteiger partial charge in [0.25, 0.3) is 0 Å². The molecule has 2 unspecified atom stereocenters. The Bertz CT molecular complexity index is 498. The number of carbonyl (C=O) groups is 1. The van der Waals surface area contributed by atoms with Crippen LogP contribution in [0.5, 0.6) is 11.5 Å². The largest absolute Gasteiger partial charge is 0.490 e. The zero-order chi connectivity index (χ0) is 12.7. The first kappa shape index (κ1) is 11.8. The van der Waals surface area contributed by atoms with Crippen molar-refractivity contribution in [3.63, 3.8) is 0 Å². The Morgan fingerprint density at radius 1 is 1.28 bits per heavy atom. The first-order valence-electron chi connectivity index (χ1n) is 6.30. The number of fused-ring (bicyclic) bond motifs is 1. The van der Waals surface area contributed by atoms with Gasteiger partial charge in [-0.05, 0) is 18.4 Å². The molecule has 1 saturated carbocycles. The van der Waals surface area contributed by atoms with Gasteiger partial charge in [-0.2, -0.15) is 0 Å². The topological polar surface area (TPSA) is 35.5 Å². The molecule has 2 atom stereocenters. The number of ketones is 1. The second kappa shape index (κ2) is 4.47. The van der Waals surface area contributed by atoms with Gasteiger partial charge in [-0.3, -0.25) is 4.79 Å². The average Bonchev–Trinajstić information content (AvgIpc) is 3.10. The predicted octanol–water partition coefficient (Wildman–Crippen LogP) is 3.34. The highest BCUT2D eigenvalue weighted by Crippen LogP contribution is 2.43. The van der Waals surface area contributed by atoms with E-state index in [1.165, 1.54) is 0 Å². The van der Waals surface area contributed by atoms with Crippen molar-refractivity contribution in [3.05, 3.63) is 22.7 Å². The van der Waals surface area contributed by atoms with Gasteiger partial charge in [-0.1, -0.05) is 18.5 Å². The van der Waals surface area contributed by atoms with Crippen LogP contribution < -0.4 is 9.47 Å². The zero-order valence-corrected chi connectivity index (χ0v) is 11.0. The summed E-state index contributed by atoms with van der Waals surface area (Å²) in [6.07, 6.45) is 1.80. The molecule has 0 aromatic heterocycles. The number of carbonyl (C=O) groups excluding carboxylic acids is 1. The normalized spacial score (nSPS) is 25.4. The van der Waals surface area contributed by atoms with Crippen molar-refractivity contribution in [2.24, 2.45) is 11.8 Å². The van der Waals surface area contributed by atoms with E-state index in [0.29, 0.717) is 41.2 Å². The zero-order valence-electron chi connectivity index (χ0n) is 10.2.